The van der Waals surface area contributed by atoms with Crippen LogP contribution in [0, 0.1) is 0 Å². The summed E-state index contributed by atoms with van der Waals surface area (Å²) in [7, 11) is 1.74. The van der Waals surface area contributed by atoms with E-state index in [0.717, 1.165) is 24.6 Å². The molecule has 1 unspecified atom stereocenters. The Bertz CT molecular complexity index is 419. The van der Waals surface area contributed by atoms with Gasteiger partial charge in [-0.2, -0.15) is 0 Å². The zero-order chi connectivity index (χ0) is 13.8. The number of halogens is 1. The average molecular weight is 283 g/mol. The molecule has 1 aliphatic rings. The number of rotatable bonds is 7. The molecule has 0 radical (unpaired) electrons. The Morgan fingerprint density at radius 1 is 1.47 bits per heavy atom. The Hall–Kier alpha value is -0.770. The molecule has 1 aromatic carbocycles. The molecule has 106 valence electrons. The van der Waals surface area contributed by atoms with Gasteiger partial charge >= 0.3 is 0 Å². The van der Waals surface area contributed by atoms with Crippen molar-refractivity contribution in [1.29, 1.82) is 0 Å². The molecule has 3 nitrogen and oxygen atoms in total. The van der Waals surface area contributed by atoms with Gasteiger partial charge in [-0.3, -0.25) is 0 Å². The summed E-state index contributed by atoms with van der Waals surface area (Å²) in [6.07, 6.45) is 3.33. The molecule has 1 aromatic rings. The van der Waals surface area contributed by atoms with E-state index < -0.39 is 0 Å². The van der Waals surface area contributed by atoms with Crippen molar-refractivity contribution in [1.82, 2.24) is 0 Å². The third-order valence-corrected chi connectivity index (χ3v) is 3.81. The highest BCUT2D eigenvalue weighted by Gasteiger charge is 2.30. The maximum absolute atomic E-state index is 6.36. The van der Waals surface area contributed by atoms with Crippen molar-refractivity contribution >= 4 is 17.3 Å². The molecule has 0 saturated heterocycles. The Morgan fingerprint density at radius 3 is 2.79 bits per heavy atom. The van der Waals surface area contributed by atoms with E-state index in [4.69, 9.17) is 22.1 Å². The van der Waals surface area contributed by atoms with Gasteiger partial charge in [-0.05, 0) is 43.9 Å². The van der Waals surface area contributed by atoms with Crippen LogP contribution in [0.1, 0.15) is 25.3 Å². The number of methoxy groups -OCH3 is 1. The Balaban J connectivity index is 2.27. The minimum atomic E-state index is 0.113. The Morgan fingerprint density at radius 2 is 2.21 bits per heavy atom. The number of benzene rings is 1. The van der Waals surface area contributed by atoms with Gasteiger partial charge < -0.3 is 15.4 Å². The van der Waals surface area contributed by atoms with Gasteiger partial charge in [0.25, 0.3) is 0 Å². The zero-order valence-electron chi connectivity index (χ0n) is 11.7. The number of hydrogen-bond donors (Lipinski definition) is 1. The molecule has 0 heterocycles. The second-order valence-corrected chi connectivity index (χ2v) is 5.74. The smallest absolute Gasteiger partial charge is 0.0637 e. The third-order valence-electron chi connectivity index (χ3n) is 3.45. The maximum atomic E-state index is 6.36. The number of nitrogens with two attached hydrogens (primary N) is 1. The van der Waals surface area contributed by atoms with Crippen molar-refractivity contribution in [2.45, 2.75) is 38.3 Å². The zero-order valence-corrected chi connectivity index (χ0v) is 12.5. The molecule has 2 N–H and O–H groups in total. The molecule has 0 spiro atoms. The summed E-state index contributed by atoms with van der Waals surface area (Å²) in [5.74, 6) is 0. The molecule has 0 aromatic heterocycles. The predicted octanol–water partition coefficient (Wildman–Crippen LogP) is 2.84. The average Bonchev–Trinajstić information content (AvgIpc) is 3.17. The van der Waals surface area contributed by atoms with Gasteiger partial charge in [-0.1, -0.05) is 17.7 Å². The maximum Gasteiger partial charge on any atom is 0.0637 e. The molecule has 1 atom stereocenters. The highest BCUT2D eigenvalue weighted by atomic mass is 35.5. The summed E-state index contributed by atoms with van der Waals surface area (Å²) in [5, 5.41) is 0.817. The number of anilines is 1. The van der Waals surface area contributed by atoms with Crippen molar-refractivity contribution in [2.24, 2.45) is 5.73 Å². The van der Waals surface area contributed by atoms with Gasteiger partial charge in [0.15, 0.2) is 0 Å². The van der Waals surface area contributed by atoms with Gasteiger partial charge in [0, 0.05) is 36.4 Å². The summed E-state index contributed by atoms with van der Waals surface area (Å²) in [6, 6.07) is 6.87. The highest BCUT2D eigenvalue weighted by Crippen LogP contribution is 2.36. The van der Waals surface area contributed by atoms with E-state index in [0.29, 0.717) is 6.04 Å². The fourth-order valence-electron chi connectivity index (χ4n) is 2.42. The van der Waals surface area contributed by atoms with Gasteiger partial charge in [0.1, 0.15) is 0 Å². The van der Waals surface area contributed by atoms with Gasteiger partial charge in [-0.15, -0.1) is 0 Å². The van der Waals surface area contributed by atoms with E-state index >= 15 is 0 Å². The van der Waals surface area contributed by atoms with E-state index in [-0.39, 0.29) is 6.04 Å². The SMILES string of the molecule is COCCN(c1cccc(Cl)c1CC(C)N)C1CC1. The first-order valence-corrected chi connectivity index (χ1v) is 7.29. The number of hydrogen-bond acceptors (Lipinski definition) is 3. The van der Waals surface area contributed by atoms with Crippen LogP contribution in [0.3, 0.4) is 0 Å². The van der Waals surface area contributed by atoms with E-state index in [9.17, 15) is 0 Å². The van der Waals surface area contributed by atoms with Crippen molar-refractivity contribution in [3.63, 3.8) is 0 Å². The molecule has 19 heavy (non-hydrogen) atoms. The summed E-state index contributed by atoms with van der Waals surface area (Å²) in [4.78, 5) is 2.42. The van der Waals surface area contributed by atoms with Crippen LogP contribution in [0.25, 0.3) is 0 Å². The van der Waals surface area contributed by atoms with Crippen LogP contribution in [0.5, 0.6) is 0 Å². The fraction of sp³-hybridized carbons (Fsp3) is 0.600. The van der Waals surface area contributed by atoms with Gasteiger partial charge in [0.05, 0.1) is 6.61 Å². The minimum absolute atomic E-state index is 0.113. The van der Waals surface area contributed by atoms with Crippen LogP contribution in [-0.4, -0.2) is 32.3 Å². The lowest BCUT2D eigenvalue weighted by Crippen LogP contribution is -2.31. The molecule has 1 fully saturated rings. The monoisotopic (exact) mass is 282 g/mol. The molecule has 0 aliphatic heterocycles. The highest BCUT2D eigenvalue weighted by molar-refractivity contribution is 6.31. The van der Waals surface area contributed by atoms with Gasteiger partial charge in [0.2, 0.25) is 0 Å². The summed E-state index contributed by atoms with van der Waals surface area (Å²) >= 11 is 6.36. The van der Waals surface area contributed by atoms with Crippen LogP contribution in [0.15, 0.2) is 18.2 Å². The second-order valence-electron chi connectivity index (χ2n) is 5.34. The fourth-order valence-corrected chi connectivity index (χ4v) is 2.66. The second kappa shape index (κ2) is 6.60. The molecular formula is C15H23ClN2O. The molecule has 1 aliphatic carbocycles. The largest absolute Gasteiger partial charge is 0.383 e. The molecule has 0 amide bonds. The van der Waals surface area contributed by atoms with E-state index in [2.05, 4.69) is 11.0 Å². The van der Waals surface area contributed by atoms with Crippen molar-refractivity contribution < 1.29 is 4.74 Å². The van der Waals surface area contributed by atoms with Crippen molar-refractivity contribution in [3.05, 3.63) is 28.8 Å². The standard InChI is InChI=1S/C15H23ClN2O/c1-11(17)10-13-14(16)4-3-5-15(13)18(8-9-19-2)12-6-7-12/h3-5,11-12H,6-10,17H2,1-2H3. The lowest BCUT2D eigenvalue weighted by Gasteiger charge is -2.28. The molecule has 1 saturated carbocycles. The molecule has 4 heteroatoms. The number of nitrogens with zero attached hydrogens (tertiary/aromatic N) is 1. The summed E-state index contributed by atoms with van der Waals surface area (Å²) < 4.78 is 5.22. The lowest BCUT2D eigenvalue weighted by atomic mass is 10.0. The summed E-state index contributed by atoms with van der Waals surface area (Å²) in [5.41, 5.74) is 8.35. The lowest BCUT2D eigenvalue weighted by molar-refractivity contribution is 0.205. The van der Waals surface area contributed by atoms with Crippen LogP contribution in [0.4, 0.5) is 5.69 Å². The predicted molar refractivity (Wildman–Crippen MR) is 81.0 cm³/mol. The van der Waals surface area contributed by atoms with E-state index in [1.54, 1.807) is 7.11 Å². The molecular weight excluding hydrogens is 260 g/mol. The first kappa shape index (κ1) is 14.6. The van der Waals surface area contributed by atoms with E-state index in [1.165, 1.54) is 24.1 Å². The van der Waals surface area contributed by atoms with Gasteiger partial charge in [-0.25, -0.2) is 0 Å². The Labute approximate surface area is 120 Å². The normalized spacial score (nSPS) is 16.4. The van der Waals surface area contributed by atoms with Crippen molar-refractivity contribution in [2.75, 3.05) is 25.2 Å². The topological polar surface area (TPSA) is 38.5 Å². The first-order valence-electron chi connectivity index (χ1n) is 6.92. The minimum Gasteiger partial charge on any atom is -0.383 e. The van der Waals surface area contributed by atoms with Crippen LogP contribution in [-0.2, 0) is 11.2 Å². The summed E-state index contributed by atoms with van der Waals surface area (Å²) in [6.45, 7) is 3.66. The quantitative estimate of drug-likeness (QED) is 0.836. The third kappa shape index (κ3) is 3.85. The molecule has 0 bridgehead atoms. The Kier molecular flexibility index (Phi) is 5.08. The van der Waals surface area contributed by atoms with Crippen LogP contribution in [0.2, 0.25) is 5.02 Å². The van der Waals surface area contributed by atoms with Crippen LogP contribution >= 0.6 is 11.6 Å². The van der Waals surface area contributed by atoms with Crippen LogP contribution < -0.4 is 10.6 Å². The number of ether oxygens (including phenoxy) is 1. The van der Waals surface area contributed by atoms with Crippen molar-refractivity contribution in [3.8, 4) is 0 Å². The van der Waals surface area contributed by atoms with E-state index in [1.807, 2.05) is 19.1 Å². The first-order chi connectivity index (χ1) is 9.13. The molecule has 2 rings (SSSR count).